The molecule has 0 aliphatic heterocycles. The Balaban J connectivity index is 2.36. The summed E-state index contributed by atoms with van der Waals surface area (Å²) in [7, 11) is 1.72. The van der Waals surface area contributed by atoms with Gasteiger partial charge in [0, 0.05) is 25.5 Å². The van der Waals surface area contributed by atoms with E-state index in [1.807, 2.05) is 0 Å². The molecule has 1 N–H and O–H groups in total. The standard InChI is InChI=1S/C12H21ClN2O2/c1-15(10-6-3-2-4-7-10)12(17)11(16)14-9-5-8-13/h10H,2-9H2,1H3,(H,14,16). The van der Waals surface area contributed by atoms with Crippen molar-refractivity contribution in [2.45, 2.75) is 44.6 Å². The van der Waals surface area contributed by atoms with Crippen molar-refractivity contribution < 1.29 is 9.59 Å². The molecule has 1 aliphatic carbocycles. The van der Waals surface area contributed by atoms with E-state index in [4.69, 9.17) is 11.6 Å². The summed E-state index contributed by atoms with van der Waals surface area (Å²) < 4.78 is 0. The van der Waals surface area contributed by atoms with Crippen LogP contribution >= 0.6 is 11.6 Å². The van der Waals surface area contributed by atoms with Crippen molar-refractivity contribution >= 4 is 23.4 Å². The highest BCUT2D eigenvalue weighted by atomic mass is 35.5. The molecular weight excluding hydrogens is 240 g/mol. The van der Waals surface area contributed by atoms with Crippen LogP contribution in [0.1, 0.15) is 38.5 Å². The van der Waals surface area contributed by atoms with Crippen molar-refractivity contribution in [1.29, 1.82) is 0 Å². The SMILES string of the molecule is CN(C(=O)C(=O)NCCCCl)C1CCCCC1. The van der Waals surface area contributed by atoms with Gasteiger partial charge in [0.2, 0.25) is 0 Å². The van der Waals surface area contributed by atoms with Crippen molar-refractivity contribution in [2.75, 3.05) is 19.5 Å². The molecule has 0 saturated heterocycles. The fourth-order valence-electron chi connectivity index (χ4n) is 2.14. The summed E-state index contributed by atoms with van der Waals surface area (Å²) in [5.41, 5.74) is 0. The van der Waals surface area contributed by atoms with Crippen LogP contribution in [-0.2, 0) is 9.59 Å². The first-order valence-electron chi connectivity index (χ1n) is 6.27. The van der Waals surface area contributed by atoms with Crippen LogP contribution in [0.25, 0.3) is 0 Å². The molecule has 0 aromatic rings. The molecule has 1 saturated carbocycles. The van der Waals surface area contributed by atoms with Gasteiger partial charge in [-0.05, 0) is 19.3 Å². The van der Waals surface area contributed by atoms with Gasteiger partial charge in [-0.3, -0.25) is 9.59 Å². The molecule has 2 amide bonds. The minimum absolute atomic E-state index is 0.232. The molecule has 1 fully saturated rings. The molecule has 0 heterocycles. The quantitative estimate of drug-likeness (QED) is 0.473. The van der Waals surface area contributed by atoms with Crippen molar-refractivity contribution in [2.24, 2.45) is 0 Å². The number of rotatable bonds is 4. The maximum Gasteiger partial charge on any atom is 0.311 e. The molecule has 1 aliphatic rings. The summed E-state index contributed by atoms with van der Waals surface area (Å²) in [4.78, 5) is 25.0. The van der Waals surface area contributed by atoms with Gasteiger partial charge >= 0.3 is 11.8 Å². The zero-order chi connectivity index (χ0) is 12.7. The Labute approximate surface area is 108 Å². The van der Waals surface area contributed by atoms with E-state index in [1.165, 1.54) is 6.42 Å². The lowest BCUT2D eigenvalue weighted by Gasteiger charge is -2.30. The van der Waals surface area contributed by atoms with E-state index >= 15 is 0 Å². The third-order valence-electron chi connectivity index (χ3n) is 3.23. The van der Waals surface area contributed by atoms with E-state index in [0.29, 0.717) is 18.8 Å². The first kappa shape index (κ1) is 14.3. The minimum Gasteiger partial charge on any atom is -0.348 e. The Hall–Kier alpha value is -0.770. The molecule has 0 radical (unpaired) electrons. The number of likely N-dealkylation sites (N-methyl/N-ethyl adjacent to an activating group) is 1. The van der Waals surface area contributed by atoms with Crippen molar-refractivity contribution in [3.05, 3.63) is 0 Å². The van der Waals surface area contributed by atoms with Crippen LogP contribution < -0.4 is 5.32 Å². The molecule has 17 heavy (non-hydrogen) atoms. The number of halogens is 1. The van der Waals surface area contributed by atoms with E-state index in [1.54, 1.807) is 11.9 Å². The van der Waals surface area contributed by atoms with E-state index in [-0.39, 0.29) is 6.04 Å². The molecule has 98 valence electrons. The fraction of sp³-hybridized carbons (Fsp3) is 0.833. The third kappa shape index (κ3) is 4.54. The molecule has 0 atom stereocenters. The number of nitrogens with zero attached hydrogens (tertiary/aromatic N) is 1. The second-order valence-corrected chi connectivity index (χ2v) is 4.88. The average Bonchev–Trinajstić information content (AvgIpc) is 2.38. The average molecular weight is 261 g/mol. The fourth-order valence-corrected chi connectivity index (χ4v) is 2.27. The smallest absolute Gasteiger partial charge is 0.311 e. The summed E-state index contributed by atoms with van der Waals surface area (Å²) in [5.74, 6) is -0.443. The third-order valence-corrected chi connectivity index (χ3v) is 3.50. The lowest BCUT2D eigenvalue weighted by molar-refractivity contribution is -0.146. The number of amides is 2. The number of alkyl halides is 1. The Bertz CT molecular complexity index is 265. The predicted octanol–water partition coefficient (Wildman–Crippen LogP) is 1.52. The van der Waals surface area contributed by atoms with Gasteiger partial charge in [-0.15, -0.1) is 11.6 Å². The minimum atomic E-state index is -0.511. The summed E-state index contributed by atoms with van der Waals surface area (Å²) >= 11 is 5.50. The number of carbonyl (C=O) groups is 2. The van der Waals surface area contributed by atoms with Gasteiger partial charge in [-0.25, -0.2) is 0 Å². The first-order chi connectivity index (χ1) is 8.16. The van der Waals surface area contributed by atoms with Crippen LogP contribution in [0, 0.1) is 0 Å². The van der Waals surface area contributed by atoms with Crippen LogP contribution in [0.15, 0.2) is 0 Å². The van der Waals surface area contributed by atoms with Gasteiger partial charge in [0.05, 0.1) is 0 Å². The predicted molar refractivity (Wildman–Crippen MR) is 68.0 cm³/mol. The molecular formula is C12H21ClN2O2. The molecule has 0 unspecified atom stereocenters. The summed E-state index contributed by atoms with van der Waals surface area (Å²) in [6.45, 7) is 0.465. The maximum atomic E-state index is 11.8. The van der Waals surface area contributed by atoms with Gasteiger partial charge in [0.1, 0.15) is 0 Å². The summed E-state index contributed by atoms with van der Waals surface area (Å²) in [6.07, 6.45) is 6.24. The number of nitrogens with one attached hydrogen (secondary N) is 1. The van der Waals surface area contributed by atoms with Crippen LogP contribution in [-0.4, -0.2) is 42.2 Å². The van der Waals surface area contributed by atoms with Crippen molar-refractivity contribution in [1.82, 2.24) is 10.2 Å². The molecule has 0 bridgehead atoms. The topological polar surface area (TPSA) is 49.4 Å². The molecule has 4 nitrogen and oxygen atoms in total. The molecule has 5 heteroatoms. The maximum absolute atomic E-state index is 11.8. The Kier molecular flexibility index (Phi) is 6.34. The molecule has 1 rings (SSSR count). The normalized spacial score (nSPS) is 16.6. The first-order valence-corrected chi connectivity index (χ1v) is 6.81. The van der Waals surface area contributed by atoms with E-state index in [9.17, 15) is 9.59 Å². The zero-order valence-corrected chi connectivity index (χ0v) is 11.1. The highest BCUT2D eigenvalue weighted by molar-refractivity contribution is 6.35. The van der Waals surface area contributed by atoms with Gasteiger partial charge in [0.25, 0.3) is 0 Å². The Morgan fingerprint density at radius 3 is 2.53 bits per heavy atom. The zero-order valence-electron chi connectivity index (χ0n) is 10.4. The van der Waals surface area contributed by atoms with Gasteiger partial charge in [-0.1, -0.05) is 19.3 Å². The summed E-state index contributed by atoms with van der Waals surface area (Å²) in [5, 5.41) is 2.59. The lowest BCUT2D eigenvalue weighted by Crippen LogP contribution is -2.46. The molecule has 0 aromatic carbocycles. The second-order valence-electron chi connectivity index (χ2n) is 4.51. The molecule has 0 aromatic heterocycles. The number of carbonyl (C=O) groups excluding carboxylic acids is 2. The molecule has 0 spiro atoms. The van der Waals surface area contributed by atoms with Crippen molar-refractivity contribution in [3.8, 4) is 0 Å². The Morgan fingerprint density at radius 2 is 1.94 bits per heavy atom. The van der Waals surface area contributed by atoms with E-state index in [2.05, 4.69) is 5.32 Å². The van der Waals surface area contributed by atoms with Crippen LogP contribution in [0.5, 0.6) is 0 Å². The van der Waals surface area contributed by atoms with Gasteiger partial charge in [-0.2, -0.15) is 0 Å². The van der Waals surface area contributed by atoms with Crippen molar-refractivity contribution in [3.63, 3.8) is 0 Å². The highest BCUT2D eigenvalue weighted by Crippen LogP contribution is 2.21. The van der Waals surface area contributed by atoms with Gasteiger partial charge < -0.3 is 10.2 Å². The van der Waals surface area contributed by atoms with Crippen LogP contribution in [0.3, 0.4) is 0 Å². The second kappa shape index (κ2) is 7.54. The van der Waals surface area contributed by atoms with E-state index in [0.717, 1.165) is 25.7 Å². The Morgan fingerprint density at radius 1 is 1.29 bits per heavy atom. The van der Waals surface area contributed by atoms with E-state index < -0.39 is 11.8 Å². The number of hydrogen-bond donors (Lipinski definition) is 1. The highest BCUT2D eigenvalue weighted by Gasteiger charge is 2.26. The largest absolute Gasteiger partial charge is 0.348 e. The van der Waals surface area contributed by atoms with Crippen LogP contribution in [0.2, 0.25) is 0 Å². The number of hydrogen-bond acceptors (Lipinski definition) is 2. The van der Waals surface area contributed by atoms with Crippen LogP contribution in [0.4, 0.5) is 0 Å². The summed E-state index contributed by atoms with van der Waals surface area (Å²) in [6, 6.07) is 0.232. The lowest BCUT2D eigenvalue weighted by atomic mass is 9.94. The monoisotopic (exact) mass is 260 g/mol. The van der Waals surface area contributed by atoms with Gasteiger partial charge in [0.15, 0.2) is 0 Å².